The number of hydrogen-bond donors (Lipinski definition) is 3. The number of aromatic nitrogens is 2. The van der Waals surface area contributed by atoms with Crippen molar-refractivity contribution >= 4 is 44.8 Å². The van der Waals surface area contributed by atoms with Gasteiger partial charge in [0.15, 0.2) is 0 Å². The van der Waals surface area contributed by atoms with Crippen LogP contribution in [0.1, 0.15) is 46.0 Å². The number of pyridine rings is 2. The standard InChI is InChI=1S/C25H23ClFN5O3S/c1-12(2)9-16-19(24(28)33)21(18-10-13-7-8-30-23(26)22(13)36-18)20(25(34)32-29)17(31-16)11-35-15-5-3-14(27)4-6-15/h3-8,10,12H,9,11,29H2,1-2H3,(H2,28,33)(H,32,34). The molecule has 186 valence electrons. The van der Waals surface area contributed by atoms with Gasteiger partial charge in [-0.15, -0.1) is 11.3 Å². The summed E-state index contributed by atoms with van der Waals surface area (Å²) >= 11 is 7.57. The Bertz CT molecular complexity index is 1460. The zero-order valence-electron chi connectivity index (χ0n) is 19.5. The van der Waals surface area contributed by atoms with Crippen molar-refractivity contribution in [2.24, 2.45) is 17.5 Å². The third-order valence-electron chi connectivity index (χ3n) is 5.38. The van der Waals surface area contributed by atoms with Gasteiger partial charge in [0, 0.05) is 16.6 Å². The fourth-order valence-electron chi connectivity index (χ4n) is 3.89. The van der Waals surface area contributed by atoms with Crippen LogP contribution in [-0.2, 0) is 13.0 Å². The van der Waals surface area contributed by atoms with E-state index in [0.717, 1.165) is 5.39 Å². The second-order valence-corrected chi connectivity index (χ2v) is 9.85. The summed E-state index contributed by atoms with van der Waals surface area (Å²) in [6, 6.07) is 9.04. The van der Waals surface area contributed by atoms with Crippen molar-refractivity contribution in [3.05, 3.63) is 76.1 Å². The van der Waals surface area contributed by atoms with Gasteiger partial charge in [0.05, 0.1) is 27.2 Å². The fourth-order valence-corrected chi connectivity index (χ4v) is 5.27. The van der Waals surface area contributed by atoms with Gasteiger partial charge < -0.3 is 10.5 Å². The Morgan fingerprint density at radius 3 is 2.50 bits per heavy atom. The second-order valence-electron chi connectivity index (χ2n) is 8.44. The number of nitrogens with zero attached hydrogens (tertiary/aromatic N) is 2. The van der Waals surface area contributed by atoms with Gasteiger partial charge in [-0.05, 0) is 54.1 Å². The lowest BCUT2D eigenvalue weighted by Crippen LogP contribution is -2.33. The molecule has 11 heteroatoms. The highest BCUT2D eigenvalue weighted by atomic mass is 35.5. The molecule has 0 fully saturated rings. The van der Waals surface area contributed by atoms with Crippen LogP contribution < -0.4 is 21.7 Å². The van der Waals surface area contributed by atoms with Crippen LogP contribution in [0, 0.1) is 11.7 Å². The number of amides is 2. The minimum atomic E-state index is -0.730. The number of primary amides is 1. The topological polar surface area (TPSA) is 133 Å². The van der Waals surface area contributed by atoms with E-state index in [-0.39, 0.29) is 29.3 Å². The monoisotopic (exact) mass is 527 g/mol. The van der Waals surface area contributed by atoms with Crippen LogP contribution >= 0.6 is 22.9 Å². The number of halogens is 2. The van der Waals surface area contributed by atoms with Crippen LogP contribution in [0.4, 0.5) is 4.39 Å². The first kappa shape index (κ1) is 25.5. The highest BCUT2D eigenvalue weighted by Crippen LogP contribution is 2.41. The molecule has 3 aromatic heterocycles. The number of benzene rings is 1. The number of hydrazine groups is 1. The Labute approximate surface area is 215 Å². The predicted molar refractivity (Wildman–Crippen MR) is 137 cm³/mol. The smallest absolute Gasteiger partial charge is 0.267 e. The molecule has 0 aliphatic carbocycles. The van der Waals surface area contributed by atoms with Gasteiger partial charge in [-0.25, -0.2) is 15.2 Å². The van der Waals surface area contributed by atoms with Crippen molar-refractivity contribution in [3.63, 3.8) is 0 Å². The molecule has 0 saturated carbocycles. The molecule has 0 atom stereocenters. The van der Waals surface area contributed by atoms with Gasteiger partial charge in [-0.3, -0.25) is 20.0 Å². The maximum absolute atomic E-state index is 13.3. The van der Waals surface area contributed by atoms with Crippen LogP contribution in [-0.4, -0.2) is 21.8 Å². The summed E-state index contributed by atoms with van der Waals surface area (Å²) < 4.78 is 19.8. The van der Waals surface area contributed by atoms with E-state index in [1.165, 1.54) is 35.6 Å². The van der Waals surface area contributed by atoms with Gasteiger partial charge in [-0.1, -0.05) is 25.4 Å². The molecule has 5 N–H and O–H groups in total. The Morgan fingerprint density at radius 1 is 1.17 bits per heavy atom. The number of hydrogen-bond acceptors (Lipinski definition) is 7. The van der Waals surface area contributed by atoms with Gasteiger partial charge in [0.2, 0.25) is 0 Å². The first-order valence-electron chi connectivity index (χ1n) is 11.0. The first-order chi connectivity index (χ1) is 17.2. The van der Waals surface area contributed by atoms with Crippen LogP contribution in [0.25, 0.3) is 20.5 Å². The predicted octanol–water partition coefficient (Wildman–Crippen LogP) is 4.63. The van der Waals surface area contributed by atoms with E-state index in [4.69, 9.17) is 27.9 Å². The third kappa shape index (κ3) is 5.15. The van der Waals surface area contributed by atoms with E-state index in [9.17, 15) is 14.0 Å². The Kier molecular flexibility index (Phi) is 7.48. The van der Waals surface area contributed by atoms with Crippen LogP contribution in [0.5, 0.6) is 5.75 Å². The zero-order valence-corrected chi connectivity index (χ0v) is 21.0. The highest BCUT2D eigenvalue weighted by molar-refractivity contribution is 7.22. The van der Waals surface area contributed by atoms with Crippen molar-refractivity contribution < 1.29 is 18.7 Å². The molecule has 0 aliphatic heterocycles. The van der Waals surface area contributed by atoms with Crippen molar-refractivity contribution in [2.75, 3.05) is 0 Å². The number of fused-ring (bicyclic) bond motifs is 1. The molecule has 4 aromatic rings. The lowest BCUT2D eigenvalue weighted by Gasteiger charge is -2.20. The largest absolute Gasteiger partial charge is 0.487 e. The van der Waals surface area contributed by atoms with Gasteiger partial charge in [0.25, 0.3) is 11.8 Å². The van der Waals surface area contributed by atoms with Gasteiger partial charge >= 0.3 is 0 Å². The molecule has 4 rings (SSSR count). The summed E-state index contributed by atoms with van der Waals surface area (Å²) in [5.41, 5.74) is 9.15. The van der Waals surface area contributed by atoms with E-state index in [2.05, 4.69) is 15.4 Å². The number of carbonyl (C=O) groups excluding carboxylic acids is 2. The average Bonchev–Trinajstić information content (AvgIpc) is 3.27. The summed E-state index contributed by atoms with van der Waals surface area (Å²) in [4.78, 5) is 35.2. The second kappa shape index (κ2) is 10.6. The lowest BCUT2D eigenvalue weighted by atomic mass is 9.92. The molecule has 0 saturated heterocycles. The lowest BCUT2D eigenvalue weighted by molar-refractivity contribution is 0.0951. The summed E-state index contributed by atoms with van der Waals surface area (Å²) in [6.07, 6.45) is 1.99. The maximum Gasteiger partial charge on any atom is 0.267 e. The average molecular weight is 528 g/mol. The molecule has 8 nitrogen and oxygen atoms in total. The van der Waals surface area contributed by atoms with Gasteiger partial charge in [0.1, 0.15) is 23.3 Å². The highest BCUT2D eigenvalue weighted by Gasteiger charge is 2.29. The molecule has 36 heavy (non-hydrogen) atoms. The van der Waals surface area contributed by atoms with Crippen molar-refractivity contribution in [3.8, 4) is 16.2 Å². The number of nitrogens with one attached hydrogen (secondary N) is 1. The van der Waals surface area contributed by atoms with Crippen LogP contribution in [0.2, 0.25) is 5.15 Å². The minimum absolute atomic E-state index is 0.0524. The van der Waals surface area contributed by atoms with Crippen molar-refractivity contribution in [1.82, 2.24) is 15.4 Å². The molecular weight excluding hydrogens is 505 g/mol. The molecule has 2 amide bonds. The number of rotatable bonds is 8. The molecule has 3 heterocycles. The van der Waals surface area contributed by atoms with Gasteiger partial charge in [-0.2, -0.15) is 0 Å². The number of nitrogens with two attached hydrogens (primary N) is 2. The summed E-state index contributed by atoms with van der Waals surface area (Å²) in [7, 11) is 0. The molecular formula is C25H23ClFN5O3S. The number of thiophene rings is 1. The van der Waals surface area contributed by atoms with E-state index >= 15 is 0 Å². The maximum atomic E-state index is 13.3. The van der Waals surface area contributed by atoms with E-state index in [1.807, 2.05) is 19.9 Å². The zero-order chi connectivity index (χ0) is 26.0. The number of nitrogen functional groups attached to an aromatic ring is 1. The third-order valence-corrected chi connectivity index (χ3v) is 6.95. The molecule has 0 unspecified atom stereocenters. The molecule has 0 bridgehead atoms. The molecule has 0 radical (unpaired) electrons. The molecule has 0 spiro atoms. The quantitative estimate of drug-likeness (QED) is 0.132. The van der Waals surface area contributed by atoms with Crippen LogP contribution in [0.15, 0.2) is 42.6 Å². The normalized spacial score (nSPS) is 11.2. The summed E-state index contributed by atoms with van der Waals surface area (Å²) in [5, 5.41) is 1.08. The molecule has 0 aliphatic rings. The SMILES string of the molecule is CC(C)Cc1nc(COc2ccc(F)cc2)c(C(=O)NN)c(-c2cc3ccnc(Cl)c3s2)c1C(N)=O. The van der Waals surface area contributed by atoms with E-state index in [1.54, 1.807) is 12.3 Å². The summed E-state index contributed by atoms with van der Waals surface area (Å²) in [5.74, 6) is 4.23. The number of ether oxygens (including phenoxy) is 1. The fraction of sp³-hybridized carbons (Fsp3) is 0.200. The van der Waals surface area contributed by atoms with Crippen molar-refractivity contribution in [1.29, 1.82) is 0 Å². The van der Waals surface area contributed by atoms with Crippen LogP contribution in [0.3, 0.4) is 0 Å². The summed E-state index contributed by atoms with van der Waals surface area (Å²) in [6.45, 7) is 3.82. The Morgan fingerprint density at radius 2 is 1.89 bits per heavy atom. The Hall–Kier alpha value is -3.60. The minimum Gasteiger partial charge on any atom is -0.487 e. The molecule has 1 aromatic carbocycles. The van der Waals surface area contributed by atoms with E-state index < -0.39 is 17.6 Å². The number of carbonyl (C=O) groups is 2. The van der Waals surface area contributed by atoms with E-state index in [0.29, 0.717) is 38.2 Å². The first-order valence-corrected chi connectivity index (χ1v) is 12.2. The van der Waals surface area contributed by atoms with Crippen molar-refractivity contribution in [2.45, 2.75) is 26.9 Å². The Balaban J connectivity index is 1.99.